The topological polar surface area (TPSA) is 93.6 Å². The van der Waals surface area contributed by atoms with Gasteiger partial charge in [0.1, 0.15) is 0 Å². The van der Waals surface area contributed by atoms with Crippen molar-refractivity contribution in [3.8, 4) is 0 Å². The van der Waals surface area contributed by atoms with E-state index in [0.29, 0.717) is 4.91 Å². The van der Waals surface area contributed by atoms with Crippen LogP contribution in [0.25, 0.3) is 0 Å². The van der Waals surface area contributed by atoms with Crippen molar-refractivity contribution < 1.29 is 49.4 Å². The Morgan fingerprint density at radius 3 is 2.70 bits per heavy atom. The van der Waals surface area contributed by atoms with Crippen molar-refractivity contribution in [1.82, 2.24) is 9.88 Å². The monoisotopic (exact) mass is 362 g/mol. The van der Waals surface area contributed by atoms with E-state index in [1.165, 1.54) is 28.0 Å². The first kappa shape index (κ1) is 19.0. The number of aliphatic hydroxyl groups excluding tert-OH is 1. The summed E-state index contributed by atoms with van der Waals surface area (Å²) >= 11 is 2.71. The number of carboxylic acids is 1. The fourth-order valence-corrected chi connectivity index (χ4v) is 5.23. The second kappa shape index (κ2) is 6.85. The third-order valence-electron chi connectivity index (χ3n) is 4.10. The SMILES string of the molecule is Cc1csc(SC2=C(C(=O)[O-])N3C(=O)C(C(C)O)C3C2C)n1.[Na+]. The molecule has 3 heterocycles. The summed E-state index contributed by atoms with van der Waals surface area (Å²) in [6.45, 7) is 5.30. The molecule has 2 aliphatic rings. The normalized spacial score (nSPS) is 27.4. The smallest absolute Gasteiger partial charge is 0.543 e. The van der Waals surface area contributed by atoms with E-state index in [4.69, 9.17) is 0 Å². The number of aliphatic carboxylic acids is 1. The molecule has 0 radical (unpaired) electrons. The molecule has 1 aromatic rings. The molecule has 0 saturated carbocycles. The number of carbonyl (C=O) groups excluding carboxylic acids is 2. The average molecular weight is 362 g/mol. The second-order valence-electron chi connectivity index (χ2n) is 5.61. The van der Waals surface area contributed by atoms with Crippen LogP contribution in [0.15, 0.2) is 20.3 Å². The number of β-lactam (4-membered cyclic amide) rings is 1. The Bertz CT molecular complexity index is 688. The number of carbonyl (C=O) groups is 2. The molecular formula is C14H15N2NaO4S2. The zero-order valence-electron chi connectivity index (χ0n) is 13.3. The maximum atomic E-state index is 12.2. The molecule has 3 rings (SSSR count). The zero-order valence-corrected chi connectivity index (χ0v) is 16.9. The van der Waals surface area contributed by atoms with Crippen LogP contribution in [0.4, 0.5) is 0 Å². The van der Waals surface area contributed by atoms with E-state index in [2.05, 4.69) is 4.98 Å². The van der Waals surface area contributed by atoms with Crippen LogP contribution in [0.1, 0.15) is 19.5 Å². The molecule has 1 aromatic heterocycles. The molecule has 0 aromatic carbocycles. The molecule has 6 nitrogen and oxygen atoms in total. The number of rotatable bonds is 4. The summed E-state index contributed by atoms with van der Waals surface area (Å²) < 4.78 is 0.738. The van der Waals surface area contributed by atoms with Crippen molar-refractivity contribution in [1.29, 1.82) is 0 Å². The molecule has 4 atom stereocenters. The van der Waals surface area contributed by atoms with Crippen LogP contribution in [0, 0.1) is 18.8 Å². The molecule has 0 aliphatic carbocycles. The first-order valence-electron chi connectivity index (χ1n) is 6.89. The number of fused-ring (bicyclic) bond motifs is 1. The first-order valence-corrected chi connectivity index (χ1v) is 8.59. The van der Waals surface area contributed by atoms with Gasteiger partial charge in [-0.25, -0.2) is 4.98 Å². The van der Waals surface area contributed by atoms with Crippen LogP contribution in [0.5, 0.6) is 0 Å². The molecule has 1 fully saturated rings. The van der Waals surface area contributed by atoms with E-state index in [1.54, 1.807) is 6.92 Å². The maximum Gasteiger partial charge on any atom is 1.00 e. The van der Waals surface area contributed by atoms with Crippen LogP contribution < -0.4 is 34.7 Å². The number of hydrogen-bond donors (Lipinski definition) is 1. The van der Waals surface area contributed by atoms with Crippen molar-refractivity contribution in [3.63, 3.8) is 0 Å². The van der Waals surface area contributed by atoms with E-state index >= 15 is 0 Å². The van der Waals surface area contributed by atoms with Crippen LogP contribution in [0.2, 0.25) is 0 Å². The van der Waals surface area contributed by atoms with Gasteiger partial charge in [0.05, 0.1) is 29.7 Å². The van der Waals surface area contributed by atoms with Gasteiger partial charge < -0.3 is 19.9 Å². The minimum atomic E-state index is -1.36. The van der Waals surface area contributed by atoms with E-state index < -0.39 is 18.0 Å². The molecule has 9 heteroatoms. The van der Waals surface area contributed by atoms with E-state index in [9.17, 15) is 19.8 Å². The number of thioether (sulfide) groups is 1. The number of carboxylic acid groups (broad SMARTS) is 1. The molecule has 23 heavy (non-hydrogen) atoms. The number of thiazole rings is 1. The van der Waals surface area contributed by atoms with Crippen LogP contribution in [0.3, 0.4) is 0 Å². The Hall–Kier alpha value is -0.380. The number of hydrogen-bond acceptors (Lipinski definition) is 7. The van der Waals surface area contributed by atoms with Crippen molar-refractivity contribution >= 4 is 35.0 Å². The minimum absolute atomic E-state index is 0. The minimum Gasteiger partial charge on any atom is -0.543 e. The van der Waals surface area contributed by atoms with E-state index in [-0.39, 0.29) is 53.1 Å². The van der Waals surface area contributed by atoms with Gasteiger partial charge in [0, 0.05) is 21.9 Å². The Morgan fingerprint density at radius 2 is 2.22 bits per heavy atom. The van der Waals surface area contributed by atoms with Gasteiger partial charge in [-0.05, 0) is 13.8 Å². The Kier molecular flexibility index (Phi) is 5.65. The number of aliphatic hydroxyl groups is 1. The predicted octanol–water partition coefficient (Wildman–Crippen LogP) is -2.63. The van der Waals surface area contributed by atoms with Gasteiger partial charge >= 0.3 is 29.6 Å². The van der Waals surface area contributed by atoms with Crippen molar-refractivity contribution in [3.05, 3.63) is 21.7 Å². The second-order valence-corrected chi connectivity index (χ2v) is 7.76. The van der Waals surface area contributed by atoms with Crippen molar-refractivity contribution in [2.45, 2.75) is 37.3 Å². The number of nitrogens with zero attached hydrogens (tertiary/aromatic N) is 2. The molecule has 2 aliphatic heterocycles. The molecule has 4 unspecified atom stereocenters. The summed E-state index contributed by atoms with van der Waals surface area (Å²) in [7, 11) is 0. The molecule has 0 bridgehead atoms. The predicted molar refractivity (Wildman–Crippen MR) is 79.7 cm³/mol. The third kappa shape index (κ3) is 3.01. The van der Waals surface area contributed by atoms with Crippen LogP contribution in [-0.2, 0) is 9.59 Å². The summed E-state index contributed by atoms with van der Waals surface area (Å²) in [5.74, 6) is -2.43. The summed E-state index contributed by atoms with van der Waals surface area (Å²) in [6.07, 6.45) is -0.800. The van der Waals surface area contributed by atoms with Gasteiger partial charge in [0.25, 0.3) is 0 Å². The fraction of sp³-hybridized carbons (Fsp3) is 0.500. The number of amides is 1. The first-order chi connectivity index (χ1) is 10.3. The molecule has 1 amide bonds. The van der Waals surface area contributed by atoms with Crippen molar-refractivity contribution in [2.75, 3.05) is 0 Å². The molecule has 1 N–H and O–H groups in total. The Morgan fingerprint density at radius 1 is 1.57 bits per heavy atom. The molecule has 118 valence electrons. The van der Waals surface area contributed by atoms with Crippen molar-refractivity contribution in [2.24, 2.45) is 11.8 Å². The van der Waals surface area contributed by atoms with Crippen LogP contribution in [-0.4, -0.2) is 39.0 Å². The largest absolute Gasteiger partial charge is 1.00 e. The summed E-state index contributed by atoms with van der Waals surface area (Å²) in [5.41, 5.74) is 0.798. The maximum absolute atomic E-state index is 12.2. The summed E-state index contributed by atoms with van der Waals surface area (Å²) in [5, 5.41) is 23.2. The molecule has 0 spiro atoms. The summed E-state index contributed by atoms with van der Waals surface area (Å²) in [4.78, 5) is 29.8. The van der Waals surface area contributed by atoms with E-state index in [1.807, 2.05) is 19.2 Å². The standard InChI is InChI=1S/C14H16N2O4S2.Na/c1-5-4-21-14(15-5)22-11-6(2)9-8(7(3)17)12(18)16(9)10(11)13(19)20;/h4,6-9,17H,1-3H3,(H,19,20);/q;+1/p-1. The van der Waals surface area contributed by atoms with Gasteiger partial charge in [-0.2, -0.15) is 0 Å². The van der Waals surface area contributed by atoms with Gasteiger partial charge in [0.15, 0.2) is 4.34 Å². The van der Waals surface area contributed by atoms with Gasteiger partial charge in [-0.3, -0.25) is 4.79 Å². The van der Waals surface area contributed by atoms with Gasteiger partial charge in [-0.1, -0.05) is 18.7 Å². The average Bonchev–Trinajstić information content (AvgIpc) is 2.92. The van der Waals surface area contributed by atoms with E-state index in [0.717, 1.165) is 10.0 Å². The molecular weight excluding hydrogens is 347 g/mol. The van der Waals surface area contributed by atoms with Crippen LogP contribution >= 0.6 is 23.1 Å². The fourth-order valence-electron chi connectivity index (χ4n) is 3.12. The number of aryl methyl sites for hydroxylation is 1. The summed E-state index contributed by atoms with van der Waals surface area (Å²) in [6, 6.07) is -0.316. The quantitative estimate of drug-likeness (QED) is 0.465. The van der Waals surface area contributed by atoms with Gasteiger partial charge in [-0.15, -0.1) is 11.3 Å². The Labute approximate surface area is 164 Å². The third-order valence-corrected chi connectivity index (χ3v) is 6.44. The van der Waals surface area contributed by atoms with Gasteiger partial charge in [0.2, 0.25) is 5.91 Å². The zero-order chi connectivity index (χ0) is 16.2. The molecule has 1 saturated heterocycles. The number of aromatic nitrogens is 1. The Balaban J connectivity index is 0.00000192.